The number of halogens is 3. The summed E-state index contributed by atoms with van der Waals surface area (Å²) in [5, 5.41) is 8.86. The third-order valence-electron chi connectivity index (χ3n) is 4.42. The average molecular weight is 313 g/mol. The van der Waals surface area contributed by atoms with Gasteiger partial charge in [0.15, 0.2) is 0 Å². The van der Waals surface area contributed by atoms with Crippen LogP contribution in [0.3, 0.4) is 0 Å². The molecular weight excluding hydrogens is 299 g/mol. The zero-order valence-electron chi connectivity index (χ0n) is 11.5. The molecule has 118 valence electrons. The van der Waals surface area contributed by atoms with Crippen LogP contribution in [0.25, 0.3) is 0 Å². The Morgan fingerprint density at radius 2 is 1.73 bits per heavy atom. The topological polar surface area (TPSA) is 57.6 Å². The van der Waals surface area contributed by atoms with Crippen LogP contribution < -0.4 is 0 Å². The molecule has 22 heavy (non-hydrogen) atoms. The highest BCUT2D eigenvalue weighted by Gasteiger charge is 2.52. The lowest BCUT2D eigenvalue weighted by molar-refractivity contribution is -0.139. The Labute approximate surface area is 124 Å². The molecule has 1 aliphatic carbocycles. The molecule has 4 nitrogen and oxygen atoms in total. The fraction of sp³-hybridized carbons (Fsp3) is 0.467. The van der Waals surface area contributed by atoms with Crippen LogP contribution in [0, 0.1) is 17.8 Å². The van der Waals surface area contributed by atoms with Gasteiger partial charge in [-0.1, -0.05) is 0 Å². The molecule has 2 fully saturated rings. The lowest BCUT2D eigenvalue weighted by atomic mass is 9.92. The number of carboxylic acid groups (broad SMARTS) is 1. The van der Waals surface area contributed by atoms with Gasteiger partial charge in [0.25, 0.3) is 5.91 Å². The van der Waals surface area contributed by atoms with Crippen LogP contribution in [0.4, 0.5) is 13.2 Å². The van der Waals surface area contributed by atoms with E-state index < -0.39 is 17.7 Å². The summed E-state index contributed by atoms with van der Waals surface area (Å²) in [6.45, 7) is 0.961. The summed E-state index contributed by atoms with van der Waals surface area (Å²) in [5.41, 5.74) is -0.565. The van der Waals surface area contributed by atoms with Crippen LogP contribution in [0.5, 0.6) is 0 Å². The Kier molecular flexibility index (Phi) is 3.38. The minimum atomic E-state index is -4.42. The standard InChI is InChI=1S/C15H14F3NO3/c16-15(17,18)10-3-1-8(2-4-10)13(20)19-6-9(7-19)11-5-12(11)14(21)22/h1-4,9,11-12H,5-7H2,(H,21,22)/t11-,12+/m0/s1. The Bertz CT molecular complexity index is 605. The number of carbonyl (C=O) groups excluding carboxylic acids is 1. The number of carboxylic acids is 1. The van der Waals surface area contributed by atoms with Crippen molar-refractivity contribution >= 4 is 11.9 Å². The van der Waals surface area contributed by atoms with Gasteiger partial charge >= 0.3 is 12.1 Å². The molecule has 1 saturated carbocycles. The highest BCUT2D eigenvalue weighted by molar-refractivity contribution is 5.94. The minimum Gasteiger partial charge on any atom is -0.481 e. The van der Waals surface area contributed by atoms with Crippen molar-refractivity contribution in [2.45, 2.75) is 12.6 Å². The first kappa shape index (κ1) is 14.9. The molecule has 0 bridgehead atoms. The number of carbonyl (C=O) groups is 2. The maximum Gasteiger partial charge on any atom is 0.416 e. The van der Waals surface area contributed by atoms with Gasteiger partial charge in [-0.25, -0.2) is 0 Å². The van der Waals surface area contributed by atoms with E-state index in [4.69, 9.17) is 5.11 Å². The normalized spacial score (nSPS) is 24.8. The molecule has 1 aromatic rings. The molecule has 7 heteroatoms. The summed E-state index contributed by atoms with van der Waals surface area (Å²) < 4.78 is 37.4. The second-order valence-corrected chi connectivity index (χ2v) is 5.89. The van der Waals surface area contributed by atoms with Gasteiger partial charge < -0.3 is 10.0 Å². The number of likely N-dealkylation sites (tertiary alicyclic amines) is 1. The van der Waals surface area contributed by atoms with Gasteiger partial charge in [-0.3, -0.25) is 9.59 Å². The maximum absolute atomic E-state index is 12.5. The van der Waals surface area contributed by atoms with E-state index in [9.17, 15) is 22.8 Å². The average Bonchev–Trinajstić information content (AvgIpc) is 3.16. The molecule has 1 aromatic carbocycles. The largest absolute Gasteiger partial charge is 0.481 e. The van der Waals surface area contributed by atoms with E-state index in [2.05, 4.69) is 0 Å². The van der Waals surface area contributed by atoms with Gasteiger partial charge in [-0.2, -0.15) is 13.2 Å². The van der Waals surface area contributed by atoms with E-state index in [1.807, 2.05) is 0 Å². The van der Waals surface area contributed by atoms with Crippen LogP contribution >= 0.6 is 0 Å². The van der Waals surface area contributed by atoms with Crippen LogP contribution in [-0.4, -0.2) is 35.0 Å². The van der Waals surface area contributed by atoms with Crippen molar-refractivity contribution < 1.29 is 27.9 Å². The van der Waals surface area contributed by atoms with E-state index in [-0.39, 0.29) is 29.2 Å². The first-order chi connectivity index (χ1) is 10.3. The zero-order chi connectivity index (χ0) is 16.1. The summed E-state index contributed by atoms with van der Waals surface area (Å²) in [6, 6.07) is 4.14. The van der Waals surface area contributed by atoms with E-state index in [1.54, 1.807) is 4.90 Å². The van der Waals surface area contributed by atoms with E-state index in [0.717, 1.165) is 12.1 Å². The second kappa shape index (κ2) is 5.00. The van der Waals surface area contributed by atoms with Crippen molar-refractivity contribution in [1.29, 1.82) is 0 Å². The van der Waals surface area contributed by atoms with Crippen molar-refractivity contribution in [3.63, 3.8) is 0 Å². The molecule has 1 amide bonds. The molecule has 3 rings (SSSR count). The van der Waals surface area contributed by atoms with E-state index >= 15 is 0 Å². The molecule has 0 aromatic heterocycles. The third kappa shape index (κ3) is 2.67. The van der Waals surface area contributed by atoms with Crippen molar-refractivity contribution in [3.05, 3.63) is 35.4 Å². The van der Waals surface area contributed by atoms with Crippen LogP contribution in [0.1, 0.15) is 22.3 Å². The number of hydrogen-bond donors (Lipinski definition) is 1. The van der Waals surface area contributed by atoms with Crippen molar-refractivity contribution in [2.24, 2.45) is 17.8 Å². The number of hydrogen-bond acceptors (Lipinski definition) is 2. The van der Waals surface area contributed by atoms with E-state index in [1.165, 1.54) is 12.1 Å². The van der Waals surface area contributed by atoms with Gasteiger partial charge in [0.2, 0.25) is 0 Å². The molecule has 1 N–H and O–H groups in total. The molecule has 1 aliphatic heterocycles. The summed E-state index contributed by atoms with van der Waals surface area (Å²) in [4.78, 5) is 24.5. The molecule has 0 spiro atoms. The molecule has 1 saturated heterocycles. The van der Waals surface area contributed by atoms with Gasteiger partial charge in [-0.15, -0.1) is 0 Å². The quantitative estimate of drug-likeness (QED) is 0.933. The van der Waals surface area contributed by atoms with Crippen LogP contribution in [0.2, 0.25) is 0 Å². The third-order valence-corrected chi connectivity index (χ3v) is 4.42. The number of alkyl halides is 3. The smallest absolute Gasteiger partial charge is 0.416 e. The minimum absolute atomic E-state index is 0.133. The van der Waals surface area contributed by atoms with Gasteiger partial charge in [0.05, 0.1) is 11.5 Å². The fourth-order valence-electron chi connectivity index (χ4n) is 2.95. The van der Waals surface area contributed by atoms with Gasteiger partial charge in [-0.05, 0) is 42.5 Å². The van der Waals surface area contributed by atoms with Crippen molar-refractivity contribution in [1.82, 2.24) is 4.90 Å². The number of benzene rings is 1. The summed E-state index contributed by atoms with van der Waals surface area (Å²) in [7, 11) is 0. The number of rotatable bonds is 3. The lowest BCUT2D eigenvalue weighted by Crippen LogP contribution is -2.51. The summed E-state index contributed by atoms with van der Waals surface area (Å²) in [6.07, 6.45) is -3.76. The highest BCUT2D eigenvalue weighted by atomic mass is 19.4. The predicted octanol–water partition coefficient (Wildman–Crippen LogP) is 2.50. The SMILES string of the molecule is O=C(O)[C@@H]1C[C@H]1C1CN(C(=O)c2ccc(C(F)(F)F)cc2)C1. The first-order valence-electron chi connectivity index (χ1n) is 6.96. The molecule has 1 heterocycles. The lowest BCUT2D eigenvalue weighted by Gasteiger charge is -2.39. The number of amides is 1. The first-order valence-corrected chi connectivity index (χ1v) is 6.96. The molecule has 0 radical (unpaired) electrons. The van der Waals surface area contributed by atoms with Crippen molar-refractivity contribution in [3.8, 4) is 0 Å². The molecular formula is C15H14F3NO3. The molecule has 2 aliphatic rings. The summed E-state index contributed by atoms with van der Waals surface area (Å²) in [5.74, 6) is -1.07. The predicted molar refractivity (Wildman–Crippen MR) is 70.1 cm³/mol. The second-order valence-electron chi connectivity index (χ2n) is 5.89. The van der Waals surface area contributed by atoms with Gasteiger partial charge in [0, 0.05) is 18.7 Å². The van der Waals surface area contributed by atoms with Crippen LogP contribution in [-0.2, 0) is 11.0 Å². The number of aliphatic carboxylic acids is 1. The summed E-state index contributed by atoms with van der Waals surface area (Å²) >= 11 is 0. The van der Waals surface area contributed by atoms with Gasteiger partial charge in [0.1, 0.15) is 0 Å². The Morgan fingerprint density at radius 1 is 1.14 bits per heavy atom. The molecule has 2 atom stereocenters. The monoisotopic (exact) mass is 313 g/mol. The van der Waals surface area contributed by atoms with Crippen LogP contribution in [0.15, 0.2) is 24.3 Å². The van der Waals surface area contributed by atoms with E-state index in [0.29, 0.717) is 19.5 Å². The Balaban J connectivity index is 1.57. The number of nitrogens with zero attached hydrogens (tertiary/aromatic N) is 1. The fourth-order valence-corrected chi connectivity index (χ4v) is 2.95. The molecule has 0 unspecified atom stereocenters. The Hall–Kier alpha value is -2.05. The maximum atomic E-state index is 12.5. The Morgan fingerprint density at radius 3 is 2.18 bits per heavy atom. The van der Waals surface area contributed by atoms with Crippen molar-refractivity contribution in [2.75, 3.05) is 13.1 Å². The zero-order valence-corrected chi connectivity index (χ0v) is 11.5. The highest BCUT2D eigenvalue weighted by Crippen LogP contribution is 2.47.